The highest BCUT2D eigenvalue weighted by molar-refractivity contribution is 6.33. The molecule has 0 radical (unpaired) electrons. The van der Waals surface area contributed by atoms with E-state index in [0.717, 1.165) is 17.1 Å². The van der Waals surface area contributed by atoms with Crippen molar-refractivity contribution in [3.8, 4) is 0 Å². The molecule has 0 aliphatic carbocycles. The van der Waals surface area contributed by atoms with E-state index < -0.39 is 0 Å². The molecule has 1 aromatic carbocycles. The van der Waals surface area contributed by atoms with Crippen LogP contribution in [0.25, 0.3) is 0 Å². The lowest BCUT2D eigenvalue weighted by molar-refractivity contribution is 0.522. The van der Waals surface area contributed by atoms with Gasteiger partial charge in [-0.1, -0.05) is 37.6 Å². The van der Waals surface area contributed by atoms with Crippen LogP contribution in [-0.4, -0.2) is 12.6 Å². The zero-order valence-electron chi connectivity index (χ0n) is 9.33. The summed E-state index contributed by atoms with van der Waals surface area (Å²) in [6, 6.07) is 8.05. The summed E-state index contributed by atoms with van der Waals surface area (Å²) in [5, 5.41) is 4.12. The molecule has 0 saturated carbocycles. The number of benzene rings is 1. The van der Waals surface area contributed by atoms with Crippen LogP contribution in [0.2, 0.25) is 5.02 Å². The second-order valence-corrected chi connectivity index (χ2v) is 4.59. The van der Waals surface area contributed by atoms with Crippen LogP contribution in [0.4, 0.5) is 5.69 Å². The van der Waals surface area contributed by atoms with Crippen molar-refractivity contribution in [1.82, 2.24) is 0 Å². The van der Waals surface area contributed by atoms with Gasteiger partial charge in [-0.25, -0.2) is 0 Å². The lowest BCUT2D eigenvalue weighted by Gasteiger charge is -2.20. The summed E-state index contributed by atoms with van der Waals surface area (Å²) in [4.78, 5) is 0. The maximum atomic E-state index is 6.06. The van der Waals surface area contributed by atoms with Crippen LogP contribution in [0, 0.1) is 5.92 Å². The van der Waals surface area contributed by atoms with Crippen LogP contribution in [0.15, 0.2) is 24.3 Å². The minimum absolute atomic E-state index is 0.296. The summed E-state index contributed by atoms with van der Waals surface area (Å²) in [5.74, 6) is 0.633. The zero-order chi connectivity index (χ0) is 11.3. The summed E-state index contributed by atoms with van der Waals surface area (Å²) in [7, 11) is 0. The Balaban J connectivity index is 2.62. The topological polar surface area (TPSA) is 38.0 Å². The lowest BCUT2D eigenvalue weighted by Crippen LogP contribution is -2.30. The number of hydrogen-bond donors (Lipinski definition) is 2. The average Bonchev–Trinajstić information content (AvgIpc) is 2.19. The Hall–Kier alpha value is -0.730. The largest absolute Gasteiger partial charge is 0.380 e. The van der Waals surface area contributed by atoms with E-state index >= 15 is 0 Å². The third kappa shape index (κ3) is 4.10. The second kappa shape index (κ2) is 5.99. The number of hydrogen-bond acceptors (Lipinski definition) is 2. The highest BCUT2D eigenvalue weighted by Gasteiger charge is 2.09. The fourth-order valence-corrected chi connectivity index (χ4v) is 1.77. The molecule has 0 amide bonds. The first-order valence-electron chi connectivity index (χ1n) is 5.34. The van der Waals surface area contributed by atoms with Gasteiger partial charge in [0.1, 0.15) is 0 Å². The van der Waals surface area contributed by atoms with E-state index in [1.807, 2.05) is 24.3 Å². The maximum absolute atomic E-state index is 6.06. The number of nitrogens with two attached hydrogens (primary N) is 1. The maximum Gasteiger partial charge on any atom is 0.0637 e. The molecule has 0 aromatic heterocycles. The first-order valence-corrected chi connectivity index (χ1v) is 5.72. The van der Waals surface area contributed by atoms with Crippen LogP contribution in [0.3, 0.4) is 0 Å². The molecule has 1 rings (SSSR count). The molecule has 1 atom stereocenters. The summed E-state index contributed by atoms with van der Waals surface area (Å²) in [5.41, 5.74) is 6.68. The van der Waals surface area contributed by atoms with Crippen LogP contribution in [0.1, 0.15) is 20.3 Å². The van der Waals surface area contributed by atoms with Crippen molar-refractivity contribution in [3.05, 3.63) is 29.3 Å². The number of anilines is 1. The number of nitrogens with one attached hydrogen (secondary N) is 1. The van der Waals surface area contributed by atoms with Gasteiger partial charge in [0.05, 0.1) is 10.7 Å². The molecule has 0 spiro atoms. The van der Waals surface area contributed by atoms with Crippen molar-refractivity contribution < 1.29 is 0 Å². The number of para-hydroxylation sites is 1. The fraction of sp³-hybridized carbons (Fsp3) is 0.500. The van der Waals surface area contributed by atoms with E-state index in [1.165, 1.54) is 0 Å². The van der Waals surface area contributed by atoms with Gasteiger partial charge in [0.25, 0.3) is 0 Å². The summed E-state index contributed by atoms with van der Waals surface area (Å²) in [6.07, 6.45) is 1.06. The zero-order valence-corrected chi connectivity index (χ0v) is 10.1. The molecule has 1 aromatic rings. The third-order valence-corrected chi connectivity index (χ3v) is 2.60. The molecule has 15 heavy (non-hydrogen) atoms. The number of halogens is 1. The van der Waals surface area contributed by atoms with Crippen LogP contribution < -0.4 is 11.1 Å². The van der Waals surface area contributed by atoms with Crippen LogP contribution in [-0.2, 0) is 0 Å². The van der Waals surface area contributed by atoms with Gasteiger partial charge in [0, 0.05) is 12.6 Å². The van der Waals surface area contributed by atoms with E-state index in [4.69, 9.17) is 17.3 Å². The molecule has 0 heterocycles. The normalized spacial score (nSPS) is 12.9. The molecule has 0 bridgehead atoms. The van der Waals surface area contributed by atoms with Gasteiger partial charge in [0.2, 0.25) is 0 Å². The molecule has 0 aliphatic heterocycles. The molecule has 0 aliphatic rings. The van der Waals surface area contributed by atoms with Gasteiger partial charge in [-0.3, -0.25) is 0 Å². The molecular formula is C12H19ClN2. The van der Waals surface area contributed by atoms with Crippen LogP contribution >= 0.6 is 11.6 Å². The van der Waals surface area contributed by atoms with E-state index in [9.17, 15) is 0 Å². The highest BCUT2D eigenvalue weighted by Crippen LogP contribution is 2.22. The molecular weight excluding hydrogens is 208 g/mol. The van der Waals surface area contributed by atoms with Gasteiger partial charge in [-0.05, 0) is 24.5 Å². The van der Waals surface area contributed by atoms with Gasteiger partial charge < -0.3 is 11.1 Å². The SMILES string of the molecule is CC(C)CC(CN)Nc1ccccc1Cl. The molecule has 2 nitrogen and oxygen atoms in total. The summed E-state index contributed by atoms with van der Waals surface area (Å²) < 4.78 is 0. The van der Waals surface area contributed by atoms with Gasteiger partial charge in [-0.2, -0.15) is 0 Å². The van der Waals surface area contributed by atoms with Crippen molar-refractivity contribution in [3.63, 3.8) is 0 Å². The molecule has 0 saturated heterocycles. The Morgan fingerprint density at radius 1 is 1.33 bits per heavy atom. The standard InChI is InChI=1S/C12H19ClN2/c1-9(2)7-10(8-14)15-12-6-4-3-5-11(12)13/h3-6,9-10,15H,7-8,14H2,1-2H3. The van der Waals surface area contributed by atoms with Crippen molar-refractivity contribution >= 4 is 17.3 Å². The Labute approximate surface area is 96.8 Å². The Kier molecular flexibility index (Phi) is 4.92. The first-order chi connectivity index (χ1) is 7.13. The van der Waals surface area contributed by atoms with Crippen molar-refractivity contribution in [2.45, 2.75) is 26.3 Å². The van der Waals surface area contributed by atoms with Crippen LogP contribution in [0.5, 0.6) is 0 Å². The predicted octanol–water partition coefficient (Wildman–Crippen LogP) is 3.13. The van der Waals surface area contributed by atoms with Gasteiger partial charge in [-0.15, -0.1) is 0 Å². The monoisotopic (exact) mass is 226 g/mol. The van der Waals surface area contributed by atoms with Crippen molar-refractivity contribution in [2.75, 3.05) is 11.9 Å². The van der Waals surface area contributed by atoms with Crippen molar-refractivity contribution in [1.29, 1.82) is 0 Å². The molecule has 1 unspecified atom stereocenters. The quantitative estimate of drug-likeness (QED) is 0.810. The fourth-order valence-electron chi connectivity index (χ4n) is 1.58. The van der Waals surface area contributed by atoms with E-state index in [-0.39, 0.29) is 0 Å². The lowest BCUT2D eigenvalue weighted by atomic mass is 10.0. The minimum Gasteiger partial charge on any atom is -0.380 e. The van der Waals surface area contributed by atoms with Gasteiger partial charge >= 0.3 is 0 Å². The number of rotatable bonds is 5. The van der Waals surface area contributed by atoms with E-state index in [2.05, 4.69) is 19.2 Å². The Bertz CT molecular complexity index is 299. The minimum atomic E-state index is 0.296. The summed E-state index contributed by atoms with van der Waals surface area (Å²) in [6.45, 7) is 5.01. The Morgan fingerprint density at radius 2 is 2.00 bits per heavy atom. The third-order valence-electron chi connectivity index (χ3n) is 2.27. The van der Waals surface area contributed by atoms with E-state index in [0.29, 0.717) is 18.5 Å². The molecule has 0 fully saturated rings. The molecule has 3 N–H and O–H groups in total. The Morgan fingerprint density at radius 3 is 2.53 bits per heavy atom. The van der Waals surface area contributed by atoms with Gasteiger partial charge in [0.15, 0.2) is 0 Å². The summed E-state index contributed by atoms with van der Waals surface area (Å²) >= 11 is 6.06. The first kappa shape index (κ1) is 12.3. The smallest absolute Gasteiger partial charge is 0.0637 e. The molecule has 84 valence electrons. The molecule has 3 heteroatoms. The second-order valence-electron chi connectivity index (χ2n) is 4.19. The highest BCUT2D eigenvalue weighted by atomic mass is 35.5. The van der Waals surface area contributed by atoms with E-state index in [1.54, 1.807) is 0 Å². The van der Waals surface area contributed by atoms with Crippen molar-refractivity contribution in [2.24, 2.45) is 11.7 Å². The predicted molar refractivity (Wildman–Crippen MR) is 67.4 cm³/mol. The average molecular weight is 227 g/mol.